The van der Waals surface area contributed by atoms with Gasteiger partial charge >= 0.3 is 0 Å². The van der Waals surface area contributed by atoms with Gasteiger partial charge in [0.15, 0.2) is 0 Å². The van der Waals surface area contributed by atoms with Crippen molar-refractivity contribution in [3.05, 3.63) is 0 Å². The molecule has 0 bridgehead atoms. The molecule has 86 valence electrons. The summed E-state index contributed by atoms with van der Waals surface area (Å²) in [6.45, 7) is 1.95. The zero-order valence-corrected chi connectivity index (χ0v) is 9.67. The first kappa shape index (κ1) is 10.9. The molecule has 3 heteroatoms. The maximum atomic E-state index is 11.9. The summed E-state index contributed by atoms with van der Waals surface area (Å²) in [6, 6.07) is 0.108. The zero-order chi connectivity index (χ0) is 10.7. The standard InChI is InChI=1S/C12H22N2O/c1-14(9-7-10-4-2-5-10)12(15)11-6-3-8-13-11/h10-11,13H,2-9H2,1H3. The number of nitrogens with zero attached hydrogens (tertiary/aromatic N) is 1. The van der Waals surface area contributed by atoms with Crippen LogP contribution in [-0.4, -0.2) is 37.0 Å². The van der Waals surface area contributed by atoms with Crippen molar-refractivity contribution in [2.45, 2.75) is 44.6 Å². The van der Waals surface area contributed by atoms with Crippen LogP contribution in [0.1, 0.15) is 38.5 Å². The van der Waals surface area contributed by atoms with Crippen LogP contribution in [-0.2, 0) is 4.79 Å². The summed E-state index contributed by atoms with van der Waals surface area (Å²) in [5.41, 5.74) is 0. The topological polar surface area (TPSA) is 32.3 Å². The molecule has 1 saturated heterocycles. The van der Waals surface area contributed by atoms with Crippen LogP contribution in [0, 0.1) is 5.92 Å². The van der Waals surface area contributed by atoms with E-state index in [9.17, 15) is 4.79 Å². The van der Waals surface area contributed by atoms with Crippen LogP contribution in [0.3, 0.4) is 0 Å². The highest BCUT2D eigenvalue weighted by atomic mass is 16.2. The minimum absolute atomic E-state index is 0.108. The zero-order valence-electron chi connectivity index (χ0n) is 9.67. The summed E-state index contributed by atoms with van der Waals surface area (Å²) in [5.74, 6) is 1.20. The summed E-state index contributed by atoms with van der Waals surface area (Å²) in [6.07, 6.45) is 7.52. The summed E-state index contributed by atoms with van der Waals surface area (Å²) in [7, 11) is 1.95. The fraction of sp³-hybridized carbons (Fsp3) is 0.917. The highest BCUT2D eigenvalue weighted by molar-refractivity contribution is 5.81. The first-order chi connectivity index (χ1) is 7.27. The van der Waals surface area contributed by atoms with Crippen LogP contribution < -0.4 is 5.32 Å². The molecule has 2 aliphatic rings. The number of nitrogens with one attached hydrogen (secondary N) is 1. The molecule has 2 rings (SSSR count). The molecule has 0 aromatic carbocycles. The van der Waals surface area contributed by atoms with Crippen molar-refractivity contribution in [2.75, 3.05) is 20.1 Å². The molecule has 1 amide bonds. The van der Waals surface area contributed by atoms with Crippen molar-refractivity contribution in [3.63, 3.8) is 0 Å². The lowest BCUT2D eigenvalue weighted by Crippen LogP contribution is -2.42. The number of hydrogen-bond donors (Lipinski definition) is 1. The molecule has 0 aromatic rings. The molecule has 1 heterocycles. The van der Waals surface area contributed by atoms with Gasteiger partial charge in [0.25, 0.3) is 0 Å². The van der Waals surface area contributed by atoms with Crippen molar-refractivity contribution in [2.24, 2.45) is 5.92 Å². The van der Waals surface area contributed by atoms with Crippen LogP contribution in [0.25, 0.3) is 0 Å². The largest absolute Gasteiger partial charge is 0.344 e. The summed E-state index contributed by atoms with van der Waals surface area (Å²) < 4.78 is 0. The second kappa shape index (κ2) is 4.97. The molecular formula is C12H22N2O. The molecule has 1 N–H and O–H groups in total. The smallest absolute Gasteiger partial charge is 0.239 e. The third-order valence-corrected chi connectivity index (χ3v) is 3.83. The highest BCUT2D eigenvalue weighted by Crippen LogP contribution is 2.29. The van der Waals surface area contributed by atoms with Gasteiger partial charge in [-0.3, -0.25) is 4.79 Å². The van der Waals surface area contributed by atoms with Crippen LogP contribution in [0.4, 0.5) is 0 Å². The summed E-state index contributed by atoms with van der Waals surface area (Å²) in [5, 5.41) is 3.26. The van der Waals surface area contributed by atoms with E-state index in [0.717, 1.165) is 31.8 Å². The van der Waals surface area contributed by atoms with Crippen molar-refractivity contribution in [1.82, 2.24) is 10.2 Å². The van der Waals surface area contributed by atoms with Crippen molar-refractivity contribution in [3.8, 4) is 0 Å². The molecule has 1 unspecified atom stereocenters. The Morgan fingerprint density at radius 1 is 1.33 bits per heavy atom. The second-order valence-corrected chi connectivity index (χ2v) is 4.99. The molecule has 0 spiro atoms. The quantitative estimate of drug-likeness (QED) is 0.760. The third kappa shape index (κ3) is 2.71. The molecule has 1 atom stereocenters. The predicted octanol–water partition coefficient (Wildman–Crippen LogP) is 1.39. The van der Waals surface area contributed by atoms with E-state index in [0.29, 0.717) is 5.91 Å². The molecule has 1 aliphatic heterocycles. The van der Waals surface area contributed by atoms with E-state index < -0.39 is 0 Å². The van der Waals surface area contributed by atoms with Crippen molar-refractivity contribution < 1.29 is 4.79 Å². The van der Waals surface area contributed by atoms with E-state index in [1.807, 2.05) is 11.9 Å². The van der Waals surface area contributed by atoms with E-state index in [1.165, 1.54) is 25.7 Å². The Bertz CT molecular complexity index is 220. The summed E-state index contributed by atoms with van der Waals surface area (Å²) in [4.78, 5) is 13.8. The van der Waals surface area contributed by atoms with Crippen molar-refractivity contribution >= 4 is 5.91 Å². The van der Waals surface area contributed by atoms with E-state index in [2.05, 4.69) is 5.32 Å². The van der Waals surface area contributed by atoms with Gasteiger partial charge in [0, 0.05) is 13.6 Å². The van der Waals surface area contributed by atoms with Gasteiger partial charge in [-0.05, 0) is 31.7 Å². The summed E-state index contributed by atoms with van der Waals surface area (Å²) >= 11 is 0. The molecular weight excluding hydrogens is 188 g/mol. The second-order valence-electron chi connectivity index (χ2n) is 4.99. The molecule has 1 saturated carbocycles. The minimum atomic E-state index is 0.108. The Kier molecular flexibility index (Phi) is 3.62. The normalized spacial score (nSPS) is 26.3. The number of amides is 1. The molecule has 3 nitrogen and oxygen atoms in total. The van der Waals surface area contributed by atoms with Crippen LogP contribution in [0.15, 0.2) is 0 Å². The van der Waals surface area contributed by atoms with Gasteiger partial charge in [0.1, 0.15) is 0 Å². The lowest BCUT2D eigenvalue weighted by atomic mass is 9.83. The first-order valence-electron chi connectivity index (χ1n) is 6.26. The molecule has 0 radical (unpaired) electrons. The molecule has 15 heavy (non-hydrogen) atoms. The number of likely N-dealkylation sites (N-methyl/N-ethyl adjacent to an activating group) is 1. The van der Waals surface area contributed by atoms with Gasteiger partial charge in [-0.2, -0.15) is 0 Å². The van der Waals surface area contributed by atoms with Gasteiger partial charge in [0.05, 0.1) is 6.04 Å². The van der Waals surface area contributed by atoms with Crippen LogP contribution in [0.5, 0.6) is 0 Å². The lowest BCUT2D eigenvalue weighted by Gasteiger charge is -2.28. The number of carbonyl (C=O) groups excluding carboxylic acids is 1. The Hall–Kier alpha value is -0.570. The molecule has 0 aromatic heterocycles. The maximum Gasteiger partial charge on any atom is 0.239 e. The van der Waals surface area contributed by atoms with Crippen LogP contribution in [0.2, 0.25) is 0 Å². The van der Waals surface area contributed by atoms with E-state index in [4.69, 9.17) is 0 Å². The Labute approximate surface area is 92.2 Å². The predicted molar refractivity (Wildman–Crippen MR) is 60.6 cm³/mol. The average molecular weight is 210 g/mol. The van der Waals surface area contributed by atoms with Gasteiger partial charge < -0.3 is 10.2 Å². The SMILES string of the molecule is CN(CCC1CCC1)C(=O)C1CCCN1. The molecule has 1 aliphatic carbocycles. The monoisotopic (exact) mass is 210 g/mol. The minimum Gasteiger partial charge on any atom is -0.344 e. The fourth-order valence-corrected chi connectivity index (χ4v) is 2.43. The van der Waals surface area contributed by atoms with Gasteiger partial charge in [-0.1, -0.05) is 19.3 Å². The van der Waals surface area contributed by atoms with E-state index >= 15 is 0 Å². The average Bonchev–Trinajstić information content (AvgIpc) is 2.66. The van der Waals surface area contributed by atoms with E-state index in [-0.39, 0.29) is 6.04 Å². The number of hydrogen-bond acceptors (Lipinski definition) is 2. The number of rotatable bonds is 4. The van der Waals surface area contributed by atoms with Gasteiger partial charge in [0.2, 0.25) is 5.91 Å². The fourth-order valence-electron chi connectivity index (χ4n) is 2.43. The van der Waals surface area contributed by atoms with Crippen molar-refractivity contribution in [1.29, 1.82) is 0 Å². The Morgan fingerprint density at radius 2 is 2.13 bits per heavy atom. The third-order valence-electron chi connectivity index (χ3n) is 3.83. The van der Waals surface area contributed by atoms with Gasteiger partial charge in [-0.15, -0.1) is 0 Å². The first-order valence-corrected chi connectivity index (χ1v) is 6.26. The molecule has 2 fully saturated rings. The Balaban J connectivity index is 1.68. The lowest BCUT2D eigenvalue weighted by molar-refractivity contribution is -0.132. The van der Waals surface area contributed by atoms with E-state index in [1.54, 1.807) is 0 Å². The Morgan fingerprint density at radius 3 is 2.67 bits per heavy atom. The maximum absolute atomic E-state index is 11.9. The van der Waals surface area contributed by atoms with Gasteiger partial charge in [-0.25, -0.2) is 0 Å². The number of carbonyl (C=O) groups is 1. The van der Waals surface area contributed by atoms with Crippen LogP contribution >= 0.6 is 0 Å². The highest BCUT2D eigenvalue weighted by Gasteiger charge is 2.25.